The van der Waals surface area contributed by atoms with Crippen molar-refractivity contribution in [2.75, 3.05) is 6.61 Å². The van der Waals surface area contributed by atoms with Crippen molar-refractivity contribution in [2.45, 2.75) is 18.6 Å². The molecule has 3 nitrogen and oxygen atoms in total. The average Bonchev–Trinajstić information content (AvgIpc) is 2.30. The van der Waals surface area contributed by atoms with E-state index in [1.165, 1.54) is 0 Å². The summed E-state index contributed by atoms with van der Waals surface area (Å²) in [6.45, 7) is 0.617. The van der Waals surface area contributed by atoms with Gasteiger partial charge in [0.2, 0.25) is 0 Å². The van der Waals surface area contributed by atoms with E-state index in [2.05, 4.69) is 6.08 Å². The van der Waals surface area contributed by atoms with Crippen molar-refractivity contribution in [1.82, 2.24) is 0 Å². The molecule has 0 aromatic carbocycles. The van der Waals surface area contributed by atoms with Crippen molar-refractivity contribution >= 4 is 5.97 Å². The van der Waals surface area contributed by atoms with Gasteiger partial charge < -0.3 is 9.47 Å². The van der Waals surface area contributed by atoms with Gasteiger partial charge in [-0.3, -0.25) is 0 Å². The molecule has 2 heterocycles. The van der Waals surface area contributed by atoms with Crippen molar-refractivity contribution in [3.05, 3.63) is 36.0 Å². The molecule has 0 spiro atoms. The van der Waals surface area contributed by atoms with Crippen LogP contribution >= 0.6 is 0 Å². The van der Waals surface area contributed by atoms with Gasteiger partial charge in [-0.05, 0) is 12.5 Å². The van der Waals surface area contributed by atoms with Gasteiger partial charge >= 0.3 is 5.97 Å². The molecule has 0 aromatic rings. The Hall–Kier alpha value is -1.35. The second kappa shape index (κ2) is 3.35. The summed E-state index contributed by atoms with van der Waals surface area (Å²) in [6, 6.07) is 0. The standard InChI is InChI=1S/C12H12O3/c13-12-9-5-2-1-4-8(9)11-10(15-12)6-3-7-14-11/h1-3,5-6,8,10-11H,4,7H2. The zero-order valence-corrected chi connectivity index (χ0v) is 8.26. The first-order valence-electron chi connectivity index (χ1n) is 5.22. The van der Waals surface area contributed by atoms with Crippen molar-refractivity contribution in [1.29, 1.82) is 0 Å². The fourth-order valence-corrected chi connectivity index (χ4v) is 2.38. The van der Waals surface area contributed by atoms with E-state index >= 15 is 0 Å². The third-order valence-corrected chi connectivity index (χ3v) is 3.11. The van der Waals surface area contributed by atoms with Crippen LogP contribution in [0.15, 0.2) is 36.0 Å². The zero-order chi connectivity index (χ0) is 10.3. The van der Waals surface area contributed by atoms with Gasteiger partial charge in [0, 0.05) is 11.5 Å². The van der Waals surface area contributed by atoms with E-state index in [4.69, 9.17) is 9.47 Å². The van der Waals surface area contributed by atoms with Crippen LogP contribution in [-0.4, -0.2) is 24.8 Å². The maximum atomic E-state index is 11.7. The fourth-order valence-electron chi connectivity index (χ4n) is 2.38. The number of hydrogen-bond acceptors (Lipinski definition) is 3. The molecule has 3 atom stereocenters. The van der Waals surface area contributed by atoms with Crippen molar-refractivity contribution in [3.8, 4) is 0 Å². The summed E-state index contributed by atoms with van der Waals surface area (Å²) in [5.41, 5.74) is 0.758. The molecule has 0 bridgehead atoms. The molecule has 78 valence electrons. The molecule has 15 heavy (non-hydrogen) atoms. The zero-order valence-electron chi connectivity index (χ0n) is 8.26. The van der Waals surface area contributed by atoms with E-state index in [-0.39, 0.29) is 24.1 Å². The van der Waals surface area contributed by atoms with Crippen LogP contribution in [0.1, 0.15) is 6.42 Å². The lowest BCUT2D eigenvalue weighted by molar-refractivity contribution is -0.161. The maximum Gasteiger partial charge on any atom is 0.335 e. The van der Waals surface area contributed by atoms with Crippen molar-refractivity contribution in [3.63, 3.8) is 0 Å². The average molecular weight is 204 g/mol. The summed E-state index contributed by atoms with van der Waals surface area (Å²) >= 11 is 0. The highest BCUT2D eigenvalue weighted by Crippen LogP contribution is 2.35. The summed E-state index contributed by atoms with van der Waals surface area (Å²) in [5, 5.41) is 0. The van der Waals surface area contributed by atoms with Gasteiger partial charge in [0.15, 0.2) is 0 Å². The Balaban J connectivity index is 1.96. The summed E-state index contributed by atoms with van der Waals surface area (Å²) in [4.78, 5) is 11.7. The molecule has 3 heteroatoms. The van der Waals surface area contributed by atoms with E-state index in [1.807, 2.05) is 24.3 Å². The summed E-state index contributed by atoms with van der Waals surface area (Å²) in [5.74, 6) is -0.0213. The SMILES string of the molecule is O=C1OC2C=CCOC2C2CC=CC=C12. The van der Waals surface area contributed by atoms with E-state index < -0.39 is 0 Å². The quantitative estimate of drug-likeness (QED) is 0.441. The lowest BCUT2D eigenvalue weighted by Crippen LogP contribution is -2.47. The van der Waals surface area contributed by atoms with Gasteiger partial charge in [-0.25, -0.2) is 4.79 Å². The molecule has 3 rings (SSSR count). The molecule has 0 amide bonds. The minimum atomic E-state index is -0.195. The normalized spacial score (nSPS) is 37.7. The third kappa shape index (κ3) is 1.35. The number of esters is 1. The van der Waals surface area contributed by atoms with Gasteiger partial charge in [-0.1, -0.05) is 24.3 Å². The van der Waals surface area contributed by atoms with Crippen LogP contribution in [0.3, 0.4) is 0 Å². The Labute approximate surface area is 88.1 Å². The van der Waals surface area contributed by atoms with Crippen LogP contribution in [0.4, 0.5) is 0 Å². The number of allylic oxidation sites excluding steroid dienone is 3. The Morgan fingerprint density at radius 2 is 2.27 bits per heavy atom. The van der Waals surface area contributed by atoms with Gasteiger partial charge in [0.05, 0.1) is 6.61 Å². The molecule has 2 aliphatic heterocycles. The van der Waals surface area contributed by atoms with Gasteiger partial charge in [0.25, 0.3) is 0 Å². The topological polar surface area (TPSA) is 35.5 Å². The Kier molecular flexibility index (Phi) is 1.99. The number of fused-ring (bicyclic) bond motifs is 3. The number of ether oxygens (including phenoxy) is 2. The first-order valence-corrected chi connectivity index (χ1v) is 5.22. The molecule has 0 N–H and O–H groups in total. The highest BCUT2D eigenvalue weighted by atomic mass is 16.6. The molecule has 3 aliphatic rings. The number of rotatable bonds is 0. The van der Waals surface area contributed by atoms with Crippen LogP contribution in [0.25, 0.3) is 0 Å². The molecule has 1 fully saturated rings. The largest absolute Gasteiger partial charge is 0.452 e. The lowest BCUT2D eigenvalue weighted by atomic mass is 9.81. The van der Waals surface area contributed by atoms with Gasteiger partial charge in [-0.2, -0.15) is 0 Å². The molecule has 1 aliphatic carbocycles. The maximum absolute atomic E-state index is 11.7. The molecule has 0 aromatic heterocycles. The number of hydrogen-bond donors (Lipinski definition) is 0. The molecule has 1 saturated heterocycles. The minimum absolute atomic E-state index is 0.00361. The van der Waals surface area contributed by atoms with Crippen LogP contribution < -0.4 is 0 Å². The van der Waals surface area contributed by atoms with E-state index in [0.717, 1.165) is 12.0 Å². The summed E-state index contributed by atoms with van der Waals surface area (Å²) < 4.78 is 11.0. The predicted molar refractivity (Wildman–Crippen MR) is 54.1 cm³/mol. The fraction of sp³-hybridized carbons (Fsp3) is 0.417. The molecular formula is C12H12O3. The smallest absolute Gasteiger partial charge is 0.335 e. The van der Waals surface area contributed by atoms with E-state index in [0.29, 0.717) is 6.61 Å². The Bertz CT molecular complexity index is 378. The summed E-state index contributed by atoms with van der Waals surface area (Å²) in [6.07, 6.45) is 10.3. The molecule has 3 unspecified atom stereocenters. The second-order valence-electron chi connectivity index (χ2n) is 3.99. The highest BCUT2D eigenvalue weighted by Gasteiger charge is 2.42. The first-order chi connectivity index (χ1) is 7.36. The lowest BCUT2D eigenvalue weighted by Gasteiger charge is -2.39. The van der Waals surface area contributed by atoms with Crippen LogP contribution in [0.2, 0.25) is 0 Å². The van der Waals surface area contributed by atoms with E-state index in [9.17, 15) is 4.79 Å². The first kappa shape index (κ1) is 8.92. The predicted octanol–water partition coefficient (Wildman–Crippen LogP) is 1.37. The second-order valence-corrected chi connectivity index (χ2v) is 3.99. The van der Waals surface area contributed by atoms with Gasteiger partial charge in [-0.15, -0.1) is 0 Å². The number of carbonyl (C=O) groups is 1. The Morgan fingerprint density at radius 3 is 3.20 bits per heavy atom. The third-order valence-electron chi connectivity index (χ3n) is 3.11. The van der Waals surface area contributed by atoms with Crippen LogP contribution in [-0.2, 0) is 14.3 Å². The molecular weight excluding hydrogens is 192 g/mol. The van der Waals surface area contributed by atoms with Crippen LogP contribution in [0.5, 0.6) is 0 Å². The van der Waals surface area contributed by atoms with Crippen LogP contribution in [0, 0.1) is 5.92 Å². The van der Waals surface area contributed by atoms with Crippen molar-refractivity contribution < 1.29 is 14.3 Å². The van der Waals surface area contributed by atoms with E-state index in [1.54, 1.807) is 0 Å². The number of carbonyl (C=O) groups excluding carboxylic acids is 1. The summed E-state index contributed by atoms with van der Waals surface area (Å²) in [7, 11) is 0. The highest BCUT2D eigenvalue weighted by molar-refractivity contribution is 5.91. The van der Waals surface area contributed by atoms with Gasteiger partial charge in [0.1, 0.15) is 12.2 Å². The molecule has 0 radical (unpaired) electrons. The van der Waals surface area contributed by atoms with Crippen molar-refractivity contribution in [2.24, 2.45) is 5.92 Å². The Morgan fingerprint density at radius 1 is 1.33 bits per heavy atom. The molecule has 0 saturated carbocycles. The monoisotopic (exact) mass is 204 g/mol. The minimum Gasteiger partial charge on any atom is -0.452 e.